The van der Waals surface area contributed by atoms with E-state index in [4.69, 9.17) is 26.4 Å². The van der Waals surface area contributed by atoms with Gasteiger partial charge < -0.3 is 44.3 Å². The number of aromatic nitrogens is 2. The molecule has 4 amide bonds. The number of amides is 4. The molecule has 0 aliphatic carbocycles. The third kappa shape index (κ3) is 13.3. The summed E-state index contributed by atoms with van der Waals surface area (Å²) in [6, 6.07) is 16.9. The van der Waals surface area contributed by atoms with E-state index in [0.29, 0.717) is 37.7 Å². The van der Waals surface area contributed by atoms with Gasteiger partial charge >= 0.3 is 6.18 Å². The van der Waals surface area contributed by atoms with Gasteiger partial charge in [0.1, 0.15) is 30.0 Å². The summed E-state index contributed by atoms with van der Waals surface area (Å²) in [5.41, 5.74) is -1.40. The predicted octanol–water partition coefficient (Wildman–Crippen LogP) is 7.02. The van der Waals surface area contributed by atoms with Crippen LogP contribution in [0.5, 0.6) is 5.75 Å². The second kappa shape index (κ2) is 23.2. The van der Waals surface area contributed by atoms with E-state index >= 15 is 0 Å². The van der Waals surface area contributed by atoms with Crippen molar-refractivity contribution in [3.63, 3.8) is 0 Å². The van der Waals surface area contributed by atoms with Gasteiger partial charge in [0.2, 0.25) is 17.7 Å². The van der Waals surface area contributed by atoms with Gasteiger partial charge in [0.05, 0.1) is 48.0 Å². The first kappa shape index (κ1) is 53.9. The number of nitrogens with zero attached hydrogens (tertiary/aromatic N) is 6. The number of alkyl halides is 3. The molecular formula is C51H61F3N8O8S. The van der Waals surface area contributed by atoms with Crippen LogP contribution in [-0.4, -0.2) is 112 Å². The highest BCUT2D eigenvalue weighted by molar-refractivity contribution is 7.81. The van der Waals surface area contributed by atoms with Gasteiger partial charge in [0, 0.05) is 56.6 Å². The number of aliphatic hydroxyl groups is 1. The largest absolute Gasteiger partial charge is 0.494 e. The molecule has 2 fully saturated rings. The summed E-state index contributed by atoms with van der Waals surface area (Å²) < 4.78 is 60.2. The molecule has 3 N–H and O–H groups in total. The summed E-state index contributed by atoms with van der Waals surface area (Å²) in [7, 11) is 0. The molecule has 71 heavy (non-hydrogen) atoms. The predicted molar refractivity (Wildman–Crippen MR) is 262 cm³/mol. The molecule has 2 aliphatic rings. The summed E-state index contributed by atoms with van der Waals surface area (Å²) in [6.07, 6.45) is 2.52. The second-order valence-electron chi connectivity index (χ2n) is 19.1. The van der Waals surface area contributed by atoms with Gasteiger partial charge in [-0.1, -0.05) is 32.9 Å². The second-order valence-corrected chi connectivity index (χ2v) is 19.5. The third-order valence-corrected chi connectivity index (χ3v) is 12.7. The average molecular weight is 1000 g/mol. The van der Waals surface area contributed by atoms with Gasteiger partial charge in [0.25, 0.3) is 5.91 Å². The molecule has 6 rings (SSSR count). The minimum atomic E-state index is -4.80. The van der Waals surface area contributed by atoms with Gasteiger partial charge in [-0.05, 0) is 124 Å². The maximum Gasteiger partial charge on any atom is 0.417 e. The van der Waals surface area contributed by atoms with Crippen molar-refractivity contribution >= 4 is 52.3 Å². The molecule has 2 aliphatic heterocycles. The third-order valence-electron chi connectivity index (χ3n) is 12.3. The molecular weight excluding hydrogens is 942 g/mol. The monoisotopic (exact) mass is 1000 g/mol. The van der Waals surface area contributed by atoms with Crippen LogP contribution in [0.1, 0.15) is 96.4 Å². The summed E-state index contributed by atoms with van der Waals surface area (Å²) >= 11 is 5.62. The molecule has 20 heteroatoms. The minimum absolute atomic E-state index is 0.0000679. The molecule has 1 unspecified atom stereocenters. The number of imidazole rings is 1. The zero-order valence-corrected chi connectivity index (χ0v) is 41.5. The lowest BCUT2D eigenvalue weighted by atomic mass is 9.85. The Balaban J connectivity index is 0.856. The van der Waals surface area contributed by atoms with E-state index in [-0.39, 0.29) is 43.0 Å². The number of hydrogen-bond donors (Lipinski definition) is 3. The number of aliphatic hydroxyl groups excluding tert-OH is 1. The highest BCUT2D eigenvalue weighted by Gasteiger charge is 2.51. The Morgan fingerprint density at radius 2 is 1.56 bits per heavy atom. The molecule has 1 aromatic heterocycles. The number of nitriles is 1. The average Bonchev–Trinajstić information content (AvgIpc) is 4.05. The van der Waals surface area contributed by atoms with Crippen molar-refractivity contribution in [3.8, 4) is 17.5 Å². The first-order valence-corrected chi connectivity index (χ1v) is 23.9. The normalized spacial score (nSPS) is 17.8. The molecule has 4 aromatic rings. The summed E-state index contributed by atoms with van der Waals surface area (Å²) in [6.45, 7) is 11.9. The van der Waals surface area contributed by atoms with Crippen molar-refractivity contribution in [1.82, 2.24) is 25.1 Å². The van der Waals surface area contributed by atoms with Crippen molar-refractivity contribution in [2.45, 2.75) is 110 Å². The Kier molecular flexibility index (Phi) is 17.6. The van der Waals surface area contributed by atoms with Crippen molar-refractivity contribution in [1.29, 1.82) is 5.26 Å². The van der Waals surface area contributed by atoms with E-state index in [2.05, 4.69) is 15.6 Å². The summed E-state index contributed by atoms with van der Waals surface area (Å²) in [5.74, 6) is -1.27. The molecule has 0 radical (unpaired) electrons. The van der Waals surface area contributed by atoms with Gasteiger partial charge in [-0.3, -0.25) is 24.1 Å². The number of benzene rings is 3. The van der Waals surface area contributed by atoms with Crippen molar-refractivity contribution in [2.75, 3.05) is 49.4 Å². The number of likely N-dealkylation sites (tertiary alicyclic amines) is 1. The Hall–Kier alpha value is -6.40. The van der Waals surface area contributed by atoms with E-state index in [1.54, 1.807) is 61.6 Å². The smallest absolute Gasteiger partial charge is 0.417 e. The fourth-order valence-corrected chi connectivity index (χ4v) is 8.94. The fourth-order valence-electron chi connectivity index (χ4n) is 8.42. The highest BCUT2D eigenvalue weighted by Crippen LogP contribution is 2.40. The molecule has 3 heterocycles. The van der Waals surface area contributed by atoms with Crippen LogP contribution >= 0.6 is 12.2 Å². The van der Waals surface area contributed by atoms with Gasteiger partial charge in [-0.2, -0.15) is 18.4 Å². The van der Waals surface area contributed by atoms with E-state index in [9.17, 15) is 42.7 Å². The maximum absolute atomic E-state index is 14.0. The first-order valence-electron chi connectivity index (χ1n) is 23.5. The minimum Gasteiger partial charge on any atom is -0.494 e. The lowest BCUT2D eigenvalue weighted by Gasteiger charge is -2.35. The number of anilines is 2. The summed E-state index contributed by atoms with van der Waals surface area (Å²) in [4.78, 5) is 62.2. The molecule has 0 saturated carbocycles. The van der Waals surface area contributed by atoms with Crippen LogP contribution in [0, 0.1) is 16.7 Å². The highest BCUT2D eigenvalue weighted by atomic mass is 32.1. The first-order chi connectivity index (χ1) is 33.6. The topological polar surface area (TPSA) is 192 Å². The number of carbonyl (C=O) groups is 4. The maximum atomic E-state index is 14.0. The zero-order valence-electron chi connectivity index (χ0n) is 40.7. The molecule has 2 saturated heterocycles. The molecule has 0 bridgehead atoms. The number of halogens is 3. The lowest BCUT2D eigenvalue weighted by molar-refractivity contribution is -0.144. The van der Waals surface area contributed by atoms with Gasteiger partial charge in [-0.15, -0.1) is 0 Å². The van der Waals surface area contributed by atoms with Crippen molar-refractivity contribution in [3.05, 3.63) is 102 Å². The molecule has 0 spiro atoms. The molecule has 3 aromatic carbocycles. The summed E-state index contributed by atoms with van der Waals surface area (Å²) in [5, 5.41) is 25.6. The zero-order chi connectivity index (χ0) is 51.7. The fraction of sp³-hybridized carbons (Fsp3) is 0.471. The van der Waals surface area contributed by atoms with Crippen LogP contribution in [0.2, 0.25) is 0 Å². The SMILES string of the molecule is C[C@H](NC(=O)[C@@H]1C[C@@H](O)CN1C(=O)C(NC(=O)COCCCOCCCCCOc1ccc(N2C(=S)N(c3ccc(C#N)c(C(F)(F)F)c3)C(=O)C2(C)C)cc1)C(C)(C)C)c1ccc(-n2ccnc2)cc1. The van der Waals surface area contributed by atoms with Crippen LogP contribution in [-0.2, 0) is 34.8 Å². The number of unbranched alkanes of at least 4 members (excludes halogenated alkanes) is 2. The van der Waals surface area contributed by atoms with Gasteiger partial charge in [0.15, 0.2) is 5.11 Å². The number of hydrogen-bond acceptors (Lipinski definition) is 11. The Morgan fingerprint density at radius 3 is 2.21 bits per heavy atom. The van der Waals surface area contributed by atoms with Crippen LogP contribution in [0.25, 0.3) is 5.69 Å². The van der Waals surface area contributed by atoms with Crippen molar-refractivity contribution in [2.24, 2.45) is 5.41 Å². The number of ether oxygens (including phenoxy) is 3. The van der Waals surface area contributed by atoms with Crippen molar-refractivity contribution < 1.29 is 51.7 Å². The lowest BCUT2D eigenvalue weighted by Crippen LogP contribution is -2.58. The van der Waals surface area contributed by atoms with E-state index in [0.717, 1.165) is 47.5 Å². The molecule has 16 nitrogen and oxygen atoms in total. The van der Waals surface area contributed by atoms with Crippen LogP contribution in [0.3, 0.4) is 0 Å². The van der Waals surface area contributed by atoms with E-state index in [1.807, 2.05) is 62.7 Å². The molecule has 380 valence electrons. The standard InChI is InChI=1S/C51H61F3N8O8S/c1-33(34-11-14-36(15-12-34)59-22-21-56-32-59)57-45(65)42-28-39(63)30-60(42)46(66)44(49(2,3)4)58-43(64)31-69-25-10-24-68-23-8-7-9-26-70-40-19-17-37(18-20-40)62-48(71)61(47(67)50(62,5)6)38-16-13-35(29-55)41(27-38)51(52,53)54/h11-22,27,32-33,39,42,44,63H,7-10,23-26,28,30-31H2,1-6H3,(H,57,65)(H,58,64)/t33-,39+,42-,44?/m0/s1. The van der Waals surface area contributed by atoms with E-state index < -0.39 is 70.1 Å². The van der Waals surface area contributed by atoms with Gasteiger partial charge in [-0.25, -0.2) is 4.98 Å². The number of β-amino-alcohol motifs (C(OH)–C–C–N with tert-alkyl or cyclic N) is 1. The number of thiocarbonyl (C=S) groups is 1. The Morgan fingerprint density at radius 1 is 0.915 bits per heavy atom. The number of carbonyl (C=O) groups excluding carboxylic acids is 4. The van der Waals surface area contributed by atoms with E-state index in [1.165, 1.54) is 11.0 Å². The quantitative estimate of drug-likeness (QED) is 0.0572. The van der Waals surface area contributed by atoms with Crippen LogP contribution < -0.4 is 25.2 Å². The number of rotatable bonds is 21. The Labute approximate surface area is 417 Å². The van der Waals surface area contributed by atoms with Crippen LogP contribution in [0.15, 0.2) is 85.5 Å². The van der Waals surface area contributed by atoms with Crippen LogP contribution in [0.4, 0.5) is 24.5 Å². The Bertz CT molecular complexity index is 2550. The number of nitrogens with one attached hydrogen (secondary N) is 2. The molecule has 4 atom stereocenters.